The average Bonchev–Trinajstić information content (AvgIpc) is 3.01. The highest BCUT2D eigenvalue weighted by molar-refractivity contribution is 6.08. The number of benzene rings is 4. The molecule has 4 rings (SSSR count). The quantitative estimate of drug-likeness (QED) is 0.0968. The summed E-state index contributed by atoms with van der Waals surface area (Å²) in [5.74, 6) is 0.606. The van der Waals surface area contributed by atoms with Crippen LogP contribution in [-0.2, 0) is 17.8 Å². The minimum Gasteiger partial charge on any atom is -0.506 e. The summed E-state index contributed by atoms with van der Waals surface area (Å²) in [5.41, 5.74) is -6.22. The SMILES string of the molecule is C#Cc1ccc(C(=O)Nc2c(O)cccc2C(C)(C)c2cccc(O)c2NC(=O)c2ccc(C#C)cc2C(F)(F)F)c(C(F)(F)F)c1. The van der Waals surface area contributed by atoms with Gasteiger partial charge in [-0.05, 0) is 59.7 Å². The molecule has 0 fully saturated rings. The minimum atomic E-state index is -4.96. The maximum absolute atomic E-state index is 13.8. The Labute approximate surface area is 265 Å². The average molecular weight is 651 g/mol. The van der Waals surface area contributed by atoms with Crippen LogP contribution in [0.2, 0.25) is 0 Å². The molecule has 0 bridgehead atoms. The monoisotopic (exact) mass is 650 g/mol. The zero-order chi connectivity index (χ0) is 34.9. The molecule has 4 aromatic carbocycles. The molecular formula is C35H24F6N2O4. The number of hydrogen-bond donors (Lipinski definition) is 4. The van der Waals surface area contributed by atoms with Gasteiger partial charge in [0.15, 0.2) is 0 Å². The Balaban J connectivity index is 1.80. The van der Waals surface area contributed by atoms with Crippen LogP contribution in [0.4, 0.5) is 37.7 Å². The van der Waals surface area contributed by atoms with Gasteiger partial charge in [-0.2, -0.15) is 26.3 Å². The van der Waals surface area contributed by atoms with Crippen molar-refractivity contribution in [3.63, 3.8) is 0 Å². The predicted molar refractivity (Wildman–Crippen MR) is 163 cm³/mol. The van der Waals surface area contributed by atoms with E-state index in [4.69, 9.17) is 12.8 Å². The van der Waals surface area contributed by atoms with Crippen molar-refractivity contribution < 1.29 is 46.1 Å². The summed E-state index contributed by atoms with van der Waals surface area (Å²) in [6.07, 6.45) is 0.541. The van der Waals surface area contributed by atoms with Crippen molar-refractivity contribution in [2.24, 2.45) is 0 Å². The zero-order valence-corrected chi connectivity index (χ0v) is 24.6. The molecule has 0 heterocycles. The second-order valence-electron chi connectivity index (χ2n) is 10.7. The van der Waals surface area contributed by atoms with E-state index in [0.29, 0.717) is 12.1 Å². The first kappa shape index (κ1) is 34.0. The number of para-hydroxylation sites is 2. The van der Waals surface area contributed by atoms with Gasteiger partial charge in [-0.3, -0.25) is 9.59 Å². The maximum atomic E-state index is 13.8. The lowest BCUT2D eigenvalue weighted by atomic mass is 9.76. The van der Waals surface area contributed by atoms with Crippen LogP contribution in [0.1, 0.15) is 67.9 Å². The van der Waals surface area contributed by atoms with Crippen LogP contribution in [-0.4, -0.2) is 22.0 Å². The molecular weight excluding hydrogens is 626 g/mol. The molecule has 240 valence electrons. The van der Waals surface area contributed by atoms with Crippen LogP contribution in [0.5, 0.6) is 11.5 Å². The van der Waals surface area contributed by atoms with Gasteiger partial charge in [-0.25, -0.2) is 0 Å². The molecule has 0 aliphatic rings. The van der Waals surface area contributed by atoms with Gasteiger partial charge in [-0.15, -0.1) is 12.8 Å². The lowest BCUT2D eigenvalue weighted by molar-refractivity contribution is -0.138. The molecule has 0 saturated heterocycles. The van der Waals surface area contributed by atoms with Crippen molar-refractivity contribution in [3.05, 3.63) is 117 Å². The van der Waals surface area contributed by atoms with Gasteiger partial charge in [0.1, 0.15) is 11.5 Å². The number of phenols is 2. The van der Waals surface area contributed by atoms with Crippen LogP contribution in [0, 0.1) is 24.7 Å². The van der Waals surface area contributed by atoms with Crippen LogP contribution >= 0.6 is 0 Å². The molecule has 4 N–H and O–H groups in total. The summed E-state index contributed by atoms with van der Waals surface area (Å²) < 4.78 is 83.1. The van der Waals surface area contributed by atoms with Gasteiger partial charge in [0.2, 0.25) is 0 Å². The third kappa shape index (κ3) is 6.87. The summed E-state index contributed by atoms with van der Waals surface area (Å²) in [6, 6.07) is 13.3. The number of nitrogens with one attached hydrogen (secondary N) is 2. The van der Waals surface area contributed by atoms with Crippen LogP contribution in [0.3, 0.4) is 0 Å². The number of hydrogen-bond acceptors (Lipinski definition) is 4. The standard InChI is InChI=1S/C35H24F6N2O4/c1-5-19-13-15-21(25(17-19)34(36,37)38)31(46)42-29-23(9-7-11-27(29)44)33(3,4)24-10-8-12-28(45)30(24)43-32(47)22-16-14-20(6-2)18-26(22)35(39,40)41/h1-2,7-18,44-45H,3-4H3,(H,42,46)(H,43,47). The lowest BCUT2D eigenvalue weighted by Gasteiger charge is -2.31. The molecule has 0 radical (unpaired) electrons. The molecule has 0 aromatic heterocycles. The summed E-state index contributed by atoms with van der Waals surface area (Å²) in [5, 5.41) is 26.2. The first-order chi connectivity index (χ1) is 21.9. The van der Waals surface area contributed by atoms with Crippen molar-refractivity contribution in [2.45, 2.75) is 31.6 Å². The number of carbonyl (C=O) groups is 2. The van der Waals surface area contributed by atoms with Crippen molar-refractivity contribution in [2.75, 3.05) is 10.6 Å². The fourth-order valence-corrected chi connectivity index (χ4v) is 5.02. The number of terminal acetylenes is 2. The van der Waals surface area contributed by atoms with Gasteiger partial charge in [0, 0.05) is 16.5 Å². The molecule has 0 unspecified atom stereocenters. The van der Waals surface area contributed by atoms with E-state index in [1.807, 2.05) is 0 Å². The molecule has 0 aliphatic carbocycles. The molecule has 0 atom stereocenters. The summed E-state index contributed by atoms with van der Waals surface area (Å²) in [4.78, 5) is 26.5. The molecule has 0 spiro atoms. The van der Waals surface area contributed by atoms with Crippen molar-refractivity contribution in [1.82, 2.24) is 0 Å². The molecule has 4 aromatic rings. The molecule has 0 saturated carbocycles. The number of aromatic hydroxyl groups is 2. The van der Waals surface area contributed by atoms with Gasteiger partial charge in [0.05, 0.1) is 33.6 Å². The number of alkyl halides is 6. The Bertz CT molecular complexity index is 1840. The number of anilines is 2. The normalized spacial score (nSPS) is 11.7. The molecule has 2 amide bonds. The molecule has 0 aliphatic heterocycles. The van der Waals surface area contributed by atoms with Crippen molar-refractivity contribution >= 4 is 23.2 Å². The Hall–Kier alpha value is -5.88. The minimum absolute atomic E-state index is 0.107. The lowest BCUT2D eigenvalue weighted by Crippen LogP contribution is -2.26. The summed E-state index contributed by atoms with van der Waals surface area (Å²) in [7, 11) is 0. The first-order valence-corrected chi connectivity index (χ1v) is 13.5. The second-order valence-corrected chi connectivity index (χ2v) is 10.7. The fraction of sp³-hybridized carbons (Fsp3) is 0.143. The Morgan fingerprint density at radius 2 is 0.979 bits per heavy atom. The van der Waals surface area contributed by atoms with Gasteiger partial charge < -0.3 is 20.8 Å². The summed E-state index contributed by atoms with van der Waals surface area (Å²) >= 11 is 0. The third-order valence-electron chi connectivity index (χ3n) is 7.38. The van der Waals surface area contributed by atoms with Crippen molar-refractivity contribution in [1.29, 1.82) is 0 Å². The zero-order valence-electron chi connectivity index (χ0n) is 24.6. The molecule has 12 heteroatoms. The highest BCUT2D eigenvalue weighted by Crippen LogP contribution is 2.45. The summed E-state index contributed by atoms with van der Waals surface area (Å²) in [6.45, 7) is 3.07. The van der Waals surface area contributed by atoms with E-state index < -0.39 is 63.3 Å². The van der Waals surface area contributed by atoms with Gasteiger partial charge >= 0.3 is 12.4 Å². The highest BCUT2D eigenvalue weighted by atomic mass is 19.4. The van der Waals surface area contributed by atoms with E-state index >= 15 is 0 Å². The van der Waals surface area contributed by atoms with Crippen LogP contribution in [0.25, 0.3) is 0 Å². The first-order valence-electron chi connectivity index (χ1n) is 13.5. The fourth-order valence-electron chi connectivity index (χ4n) is 5.02. The number of rotatable bonds is 6. The van der Waals surface area contributed by atoms with Gasteiger partial charge in [0.25, 0.3) is 11.8 Å². The molecule has 47 heavy (non-hydrogen) atoms. The maximum Gasteiger partial charge on any atom is 0.417 e. The molecule has 6 nitrogen and oxygen atoms in total. The smallest absolute Gasteiger partial charge is 0.417 e. The number of amides is 2. The number of carbonyl (C=O) groups excluding carboxylic acids is 2. The van der Waals surface area contributed by atoms with E-state index in [-0.39, 0.29) is 33.6 Å². The van der Waals surface area contributed by atoms with E-state index in [9.17, 15) is 46.1 Å². The Kier molecular flexibility index (Phi) is 9.03. The largest absolute Gasteiger partial charge is 0.506 e. The van der Waals surface area contributed by atoms with E-state index in [1.165, 1.54) is 50.2 Å². The van der Waals surface area contributed by atoms with Crippen LogP contribution < -0.4 is 10.6 Å². The Morgan fingerprint density at radius 1 is 0.617 bits per heavy atom. The van der Waals surface area contributed by atoms with Crippen molar-refractivity contribution in [3.8, 4) is 36.2 Å². The predicted octanol–water partition coefficient (Wildman–Crippen LogP) is 7.93. The highest BCUT2D eigenvalue weighted by Gasteiger charge is 2.38. The van der Waals surface area contributed by atoms with E-state index in [1.54, 1.807) is 0 Å². The number of phenolic OH excluding ortho intramolecular Hbond substituents is 2. The van der Waals surface area contributed by atoms with Crippen LogP contribution in [0.15, 0.2) is 72.8 Å². The second kappa shape index (κ2) is 12.5. The number of halogens is 6. The topological polar surface area (TPSA) is 98.7 Å². The van der Waals surface area contributed by atoms with E-state index in [0.717, 1.165) is 24.3 Å². The van der Waals surface area contributed by atoms with E-state index in [2.05, 4.69) is 22.5 Å². The third-order valence-corrected chi connectivity index (χ3v) is 7.38. The Morgan fingerprint density at radius 3 is 1.30 bits per heavy atom. The van der Waals surface area contributed by atoms with Gasteiger partial charge in [-0.1, -0.05) is 50.0 Å².